The van der Waals surface area contributed by atoms with E-state index < -0.39 is 20.0 Å². The molecule has 0 spiro atoms. The Labute approximate surface area is 347 Å². The number of aliphatic hydroxyl groups is 1. The summed E-state index contributed by atoms with van der Waals surface area (Å²) in [7, 11) is 1.55. The summed E-state index contributed by atoms with van der Waals surface area (Å²) in [6, 6.07) is -0.863. The van der Waals surface area contributed by atoms with E-state index in [9.17, 15) is 19.4 Å². The highest BCUT2D eigenvalue weighted by molar-refractivity contribution is 7.47. The van der Waals surface area contributed by atoms with E-state index in [-0.39, 0.29) is 19.1 Å². The van der Waals surface area contributed by atoms with Crippen LogP contribution in [0, 0.1) is 0 Å². The van der Waals surface area contributed by atoms with Crippen molar-refractivity contribution in [1.82, 2.24) is 5.32 Å². The van der Waals surface area contributed by atoms with Crippen molar-refractivity contribution >= 4 is 13.7 Å². The summed E-state index contributed by atoms with van der Waals surface area (Å²) in [5, 5.41) is 13.8. The zero-order valence-corrected chi connectivity index (χ0v) is 38.3. The van der Waals surface area contributed by atoms with Crippen molar-refractivity contribution in [2.75, 3.05) is 40.9 Å². The molecule has 0 aromatic carbocycles. The molecule has 0 aromatic rings. The minimum absolute atomic E-state index is 0.0554. The monoisotopic (exact) mass is 812 g/mol. The summed E-state index contributed by atoms with van der Waals surface area (Å²) in [5.41, 5.74) is 0. The molecule has 0 aliphatic carbocycles. The zero-order valence-electron chi connectivity index (χ0n) is 37.4. The fourth-order valence-corrected chi connectivity index (χ4v) is 7.32. The van der Waals surface area contributed by atoms with Crippen LogP contribution in [0.4, 0.5) is 0 Å². The first-order chi connectivity index (χ1) is 27.0. The maximum Gasteiger partial charge on any atom is 0.472 e. The summed E-state index contributed by atoms with van der Waals surface area (Å²) in [5.74, 6) is -0.192. The van der Waals surface area contributed by atoms with Gasteiger partial charge in [-0.1, -0.05) is 179 Å². The number of amides is 1. The van der Waals surface area contributed by atoms with Gasteiger partial charge in [-0.15, -0.1) is 0 Å². The highest BCUT2D eigenvalue weighted by atomic mass is 31.2. The van der Waals surface area contributed by atoms with Crippen LogP contribution in [0.15, 0.2) is 36.5 Å². The van der Waals surface area contributed by atoms with Crippen LogP contribution in [-0.4, -0.2) is 73.4 Å². The van der Waals surface area contributed by atoms with Crippen molar-refractivity contribution in [3.63, 3.8) is 0 Å². The lowest BCUT2D eigenvalue weighted by Gasteiger charge is -2.25. The quantitative estimate of drug-likeness (QED) is 0.0245. The van der Waals surface area contributed by atoms with Gasteiger partial charge in [-0.2, -0.15) is 0 Å². The van der Waals surface area contributed by atoms with Gasteiger partial charge in [0.1, 0.15) is 13.2 Å². The van der Waals surface area contributed by atoms with Gasteiger partial charge < -0.3 is 19.8 Å². The van der Waals surface area contributed by atoms with Crippen LogP contribution in [0.2, 0.25) is 0 Å². The van der Waals surface area contributed by atoms with Gasteiger partial charge in [0, 0.05) is 6.42 Å². The van der Waals surface area contributed by atoms with Gasteiger partial charge in [0.15, 0.2) is 0 Å². The first-order valence-corrected chi connectivity index (χ1v) is 24.9. The molecule has 56 heavy (non-hydrogen) atoms. The van der Waals surface area contributed by atoms with Gasteiger partial charge in [0.25, 0.3) is 0 Å². The predicted octanol–water partition coefficient (Wildman–Crippen LogP) is 13.1. The second-order valence-electron chi connectivity index (χ2n) is 17.1. The Balaban J connectivity index is 4.39. The van der Waals surface area contributed by atoms with E-state index in [1.54, 1.807) is 6.08 Å². The molecule has 1 amide bonds. The molecule has 0 radical (unpaired) electrons. The lowest BCUT2D eigenvalue weighted by molar-refractivity contribution is -0.870. The van der Waals surface area contributed by atoms with Crippen molar-refractivity contribution in [3.05, 3.63) is 36.5 Å². The van der Waals surface area contributed by atoms with Crippen LogP contribution in [0.3, 0.4) is 0 Å². The molecular weight excluding hydrogens is 719 g/mol. The molecule has 9 heteroatoms. The van der Waals surface area contributed by atoms with Crippen molar-refractivity contribution in [1.29, 1.82) is 0 Å². The summed E-state index contributed by atoms with van der Waals surface area (Å²) < 4.78 is 23.5. The number of allylic oxidation sites excluding steroid dienone is 5. The molecular formula is C47H92N2O6P+. The maximum absolute atomic E-state index is 12.9. The van der Waals surface area contributed by atoms with Gasteiger partial charge in [0.2, 0.25) is 5.91 Å². The SMILES string of the molecule is CCCCCCCCCC/C=C/CC/C=C/C(O)C(COP(=O)(O)OCC[N+](C)(C)C)NC(=O)CCCCCCCCC/C=C\CCCCCCCCCCC. The predicted molar refractivity (Wildman–Crippen MR) is 240 cm³/mol. The van der Waals surface area contributed by atoms with Crippen LogP contribution in [-0.2, 0) is 18.4 Å². The molecule has 0 saturated heterocycles. The van der Waals surface area contributed by atoms with Crippen LogP contribution >= 0.6 is 7.82 Å². The van der Waals surface area contributed by atoms with Crippen molar-refractivity contribution in [2.45, 2.75) is 219 Å². The Hall–Kier alpha value is -1.28. The van der Waals surface area contributed by atoms with Gasteiger partial charge in [-0.05, 0) is 57.8 Å². The van der Waals surface area contributed by atoms with Crippen LogP contribution in [0.25, 0.3) is 0 Å². The second-order valence-corrected chi connectivity index (χ2v) is 18.6. The molecule has 0 aromatic heterocycles. The minimum atomic E-state index is -4.34. The number of phosphoric acid groups is 1. The molecule has 0 bridgehead atoms. The van der Waals surface area contributed by atoms with Gasteiger partial charge in [-0.25, -0.2) is 4.57 Å². The molecule has 3 atom stereocenters. The topological polar surface area (TPSA) is 105 Å². The molecule has 0 fully saturated rings. The van der Waals surface area contributed by atoms with E-state index in [0.717, 1.165) is 38.5 Å². The summed E-state index contributed by atoms with van der Waals surface area (Å²) in [6.07, 6.45) is 47.9. The molecule has 8 nitrogen and oxygen atoms in total. The fourth-order valence-electron chi connectivity index (χ4n) is 6.58. The second kappa shape index (κ2) is 39.2. The Morgan fingerprint density at radius 2 is 0.982 bits per heavy atom. The van der Waals surface area contributed by atoms with Crippen molar-refractivity contribution in [3.8, 4) is 0 Å². The van der Waals surface area contributed by atoms with Crippen LogP contribution in [0.5, 0.6) is 0 Å². The third-order valence-corrected chi connectivity index (χ3v) is 11.3. The number of hydrogen-bond acceptors (Lipinski definition) is 5. The van der Waals surface area contributed by atoms with E-state index in [1.165, 1.54) is 148 Å². The molecule has 0 heterocycles. The number of phosphoric ester groups is 1. The molecule has 0 aliphatic rings. The average Bonchev–Trinajstić information content (AvgIpc) is 3.15. The maximum atomic E-state index is 12.9. The summed E-state index contributed by atoms with van der Waals surface area (Å²) in [4.78, 5) is 23.1. The lowest BCUT2D eigenvalue weighted by Crippen LogP contribution is -2.45. The number of hydrogen-bond donors (Lipinski definition) is 3. The molecule has 3 unspecified atom stereocenters. The lowest BCUT2D eigenvalue weighted by atomic mass is 10.1. The molecule has 0 saturated carbocycles. The number of aliphatic hydroxyl groups excluding tert-OH is 1. The zero-order chi connectivity index (χ0) is 41.4. The van der Waals surface area contributed by atoms with Gasteiger partial charge in [0.05, 0.1) is 39.9 Å². The highest BCUT2D eigenvalue weighted by Gasteiger charge is 2.27. The van der Waals surface area contributed by atoms with Crippen molar-refractivity contribution < 1.29 is 32.9 Å². The Bertz CT molecular complexity index is 1010. The molecule has 330 valence electrons. The van der Waals surface area contributed by atoms with Crippen molar-refractivity contribution in [2.24, 2.45) is 0 Å². The van der Waals surface area contributed by atoms with Gasteiger partial charge >= 0.3 is 7.82 Å². The van der Waals surface area contributed by atoms with E-state index in [0.29, 0.717) is 17.4 Å². The minimum Gasteiger partial charge on any atom is -0.387 e. The highest BCUT2D eigenvalue weighted by Crippen LogP contribution is 2.43. The fraction of sp³-hybridized carbons (Fsp3) is 0.851. The first kappa shape index (κ1) is 54.7. The number of carbonyl (C=O) groups is 1. The largest absolute Gasteiger partial charge is 0.472 e. The first-order valence-electron chi connectivity index (χ1n) is 23.4. The van der Waals surface area contributed by atoms with E-state index in [2.05, 4.69) is 43.5 Å². The standard InChI is InChI=1S/C47H91N2O6P/c1-6-8-10-12-14-16-18-20-22-23-24-25-26-27-29-31-33-35-37-39-41-47(51)48-45(44-55-56(52,53)54-43-42-49(3,4)5)46(50)40-38-36-34-32-30-28-21-19-17-15-13-11-9-7-2/h24-25,30,32,38,40,45-46,50H,6-23,26-29,31,33-37,39,41-44H2,1-5H3,(H-,48,51,52,53)/p+1/b25-24-,32-30+,40-38+. The molecule has 0 aliphatic heterocycles. The van der Waals surface area contributed by atoms with Crippen LogP contribution in [0.1, 0.15) is 206 Å². The smallest absolute Gasteiger partial charge is 0.387 e. The number of rotatable bonds is 42. The summed E-state index contributed by atoms with van der Waals surface area (Å²) >= 11 is 0. The number of nitrogens with one attached hydrogen (secondary N) is 1. The number of carbonyl (C=O) groups excluding carboxylic acids is 1. The Morgan fingerprint density at radius 3 is 1.43 bits per heavy atom. The average molecular weight is 812 g/mol. The van der Waals surface area contributed by atoms with Gasteiger partial charge in [-0.3, -0.25) is 13.8 Å². The third kappa shape index (κ3) is 40.9. The molecule has 0 rings (SSSR count). The number of unbranched alkanes of at least 4 members (excludes halogenated alkanes) is 25. The Morgan fingerprint density at radius 1 is 0.589 bits per heavy atom. The summed E-state index contributed by atoms with van der Waals surface area (Å²) in [6.45, 7) is 4.78. The third-order valence-electron chi connectivity index (χ3n) is 10.3. The van der Waals surface area contributed by atoms with E-state index in [1.807, 2.05) is 27.2 Å². The normalized spacial score (nSPS) is 14.6. The number of quaternary nitrogens is 1. The van der Waals surface area contributed by atoms with E-state index in [4.69, 9.17) is 9.05 Å². The van der Waals surface area contributed by atoms with Crippen LogP contribution < -0.4 is 5.32 Å². The number of likely N-dealkylation sites (N-methyl/N-ethyl adjacent to an activating group) is 1. The number of nitrogens with zero attached hydrogens (tertiary/aromatic N) is 1. The Kier molecular flexibility index (Phi) is 38.3. The molecule has 3 N–H and O–H groups in total. The van der Waals surface area contributed by atoms with E-state index >= 15 is 0 Å².